The third kappa shape index (κ3) is 37.9. The Labute approximate surface area is 316 Å². The molecule has 0 saturated carbocycles. The summed E-state index contributed by atoms with van der Waals surface area (Å²) in [6.45, 7) is 4.80. The summed E-state index contributed by atoms with van der Waals surface area (Å²) >= 11 is 0. The van der Waals surface area contributed by atoms with Crippen LogP contribution in [-0.4, -0.2) is 47.4 Å². The van der Waals surface area contributed by atoms with Gasteiger partial charge in [0.25, 0.3) is 0 Å². The number of aliphatic hydroxyl groups is 2. The molecule has 2 atom stereocenters. The zero-order valence-corrected chi connectivity index (χ0v) is 33.8. The molecule has 0 heterocycles. The number of allylic oxidation sites excluding steroid dienone is 3. The molecule has 0 aliphatic heterocycles. The maximum atomic E-state index is 12.4. The van der Waals surface area contributed by atoms with E-state index in [1.165, 1.54) is 141 Å². The fraction of sp³-hybridized carbons (Fsp3) is 0.867. The van der Waals surface area contributed by atoms with Crippen molar-refractivity contribution in [3.05, 3.63) is 24.3 Å². The van der Waals surface area contributed by atoms with Crippen LogP contribution in [0.3, 0.4) is 0 Å². The molecule has 6 heteroatoms. The fourth-order valence-corrected chi connectivity index (χ4v) is 6.51. The van der Waals surface area contributed by atoms with Crippen molar-refractivity contribution in [1.82, 2.24) is 5.32 Å². The van der Waals surface area contributed by atoms with Crippen molar-refractivity contribution in [3.63, 3.8) is 0 Å². The van der Waals surface area contributed by atoms with Crippen molar-refractivity contribution in [3.8, 4) is 0 Å². The molecule has 2 unspecified atom stereocenters. The largest absolute Gasteiger partial charge is 0.466 e. The second-order valence-electron chi connectivity index (χ2n) is 15.0. The zero-order chi connectivity index (χ0) is 37.3. The minimum Gasteiger partial charge on any atom is -0.466 e. The monoisotopic (exact) mass is 720 g/mol. The van der Waals surface area contributed by atoms with Gasteiger partial charge in [-0.2, -0.15) is 0 Å². The fourth-order valence-electron chi connectivity index (χ4n) is 6.51. The maximum Gasteiger partial charge on any atom is 0.305 e. The van der Waals surface area contributed by atoms with Gasteiger partial charge in [0.2, 0.25) is 5.91 Å². The Morgan fingerprint density at radius 3 is 1.43 bits per heavy atom. The first-order chi connectivity index (χ1) is 25.0. The molecule has 0 fully saturated rings. The highest BCUT2D eigenvalue weighted by atomic mass is 16.5. The molecule has 0 aliphatic carbocycles. The predicted molar refractivity (Wildman–Crippen MR) is 218 cm³/mol. The Morgan fingerprint density at radius 2 is 0.922 bits per heavy atom. The topological polar surface area (TPSA) is 95.9 Å². The molecular weight excluding hydrogens is 634 g/mol. The number of aliphatic hydroxyl groups excluding tert-OH is 2. The van der Waals surface area contributed by atoms with E-state index in [0.717, 1.165) is 57.8 Å². The summed E-state index contributed by atoms with van der Waals surface area (Å²) in [6, 6.07) is -0.643. The van der Waals surface area contributed by atoms with Crippen LogP contribution < -0.4 is 5.32 Å². The molecule has 0 aromatic heterocycles. The standard InChI is InChI=1S/C45H85NO5/c1-3-5-7-9-11-13-15-17-21-25-29-33-37-43(48)42(41-47)46-44(49)38-34-30-26-22-19-20-24-28-32-36-40-51-45(50)39-35-31-27-23-18-16-14-12-10-8-6-4-2/h12,14,33,37,42-43,47-48H,3-11,13,15-32,34-36,38-41H2,1-2H3,(H,46,49)/b14-12-,37-33+. The van der Waals surface area contributed by atoms with Crippen LogP contribution in [-0.2, 0) is 14.3 Å². The molecule has 51 heavy (non-hydrogen) atoms. The number of rotatable bonds is 40. The number of hydrogen-bond donors (Lipinski definition) is 3. The molecule has 3 N–H and O–H groups in total. The normalized spacial score (nSPS) is 12.9. The van der Waals surface area contributed by atoms with Gasteiger partial charge in [0.05, 0.1) is 25.4 Å². The van der Waals surface area contributed by atoms with E-state index < -0.39 is 12.1 Å². The third-order valence-electron chi connectivity index (χ3n) is 9.97. The van der Waals surface area contributed by atoms with Gasteiger partial charge in [-0.05, 0) is 57.8 Å². The van der Waals surface area contributed by atoms with Crippen LogP contribution in [0, 0.1) is 0 Å². The van der Waals surface area contributed by atoms with Crippen LogP contribution >= 0.6 is 0 Å². The molecule has 0 saturated heterocycles. The van der Waals surface area contributed by atoms with Crippen LogP contribution in [0.2, 0.25) is 0 Å². The van der Waals surface area contributed by atoms with E-state index in [4.69, 9.17) is 4.74 Å². The Balaban J connectivity index is 3.54. The van der Waals surface area contributed by atoms with E-state index in [2.05, 4.69) is 31.3 Å². The molecule has 0 bridgehead atoms. The van der Waals surface area contributed by atoms with Crippen LogP contribution in [0.15, 0.2) is 24.3 Å². The molecule has 6 nitrogen and oxygen atoms in total. The highest BCUT2D eigenvalue weighted by Gasteiger charge is 2.18. The SMILES string of the molecule is CCCCC/C=C\CCCCCCCC(=O)OCCCCCCCCCCCCC(=O)NC(CO)C(O)/C=C/CCCCCCCCCCCC. The van der Waals surface area contributed by atoms with Gasteiger partial charge in [-0.3, -0.25) is 9.59 Å². The number of unbranched alkanes of at least 4 members (excludes halogenated alkanes) is 27. The van der Waals surface area contributed by atoms with Gasteiger partial charge < -0.3 is 20.3 Å². The minimum atomic E-state index is -0.857. The van der Waals surface area contributed by atoms with Crippen molar-refractivity contribution in [2.45, 2.75) is 238 Å². The van der Waals surface area contributed by atoms with Gasteiger partial charge in [0.1, 0.15) is 0 Å². The van der Waals surface area contributed by atoms with Gasteiger partial charge >= 0.3 is 5.97 Å². The number of carbonyl (C=O) groups is 2. The van der Waals surface area contributed by atoms with Gasteiger partial charge in [-0.25, -0.2) is 0 Å². The summed E-state index contributed by atoms with van der Waals surface area (Å²) in [5.41, 5.74) is 0. The summed E-state index contributed by atoms with van der Waals surface area (Å²) in [4.78, 5) is 24.3. The summed E-state index contributed by atoms with van der Waals surface area (Å²) in [5, 5.41) is 22.9. The molecule has 0 aliphatic rings. The van der Waals surface area contributed by atoms with Crippen molar-refractivity contribution in [2.24, 2.45) is 0 Å². The second-order valence-corrected chi connectivity index (χ2v) is 15.0. The highest BCUT2D eigenvalue weighted by Crippen LogP contribution is 2.14. The summed E-state index contributed by atoms with van der Waals surface area (Å²) in [6.07, 6.45) is 45.8. The first-order valence-corrected chi connectivity index (χ1v) is 22.1. The van der Waals surface area contributed by atoms with Gasteiger partial charge in [-0.1, -0.05) is 179 Å². The van der Waals surface area contributed by atoms with E-state index in [-0.39, 0.29) is 18.5 Å². The first kappa shape index (κ1) is 49.3. The number of nitrogens with one attached hydrogen (secondary N) is 1. The first-order valence-electron chi connectivity index (χ1n) is 22.1. The summed E-state index contributed by atoms with van der Waals surface area (Å²) in [5.74, 6) is -0.125. The number of ether oxygens (including phenoxy) is 1. The number of esters is 1. The van der Waals surface area contributed by atoms with E-state index in [1.807, 2.05) is 6.08 Å². The Morgan fingerprint density at radius 1 is 0.529 bits per heavy atom. The lowest BCUT2D eigenvalue weighted by molar-refractivity contribution is -0.143. The quantitative estimate of drug-likeness (QED) is 0.0333. The second kappa shape index (κ2) is 41.1. The summed E-state index contributed by atoms with van der Waals surface area (Å²) < 4.78 is 5.42. The van der Waals surface area contributed by atoms with Gasteiger partial charge in [0, 0.05) is 12.8 Å². The summed E-state index contributed by atoms with van der Waals surface area (Å²) in [7, 11) is 0. The molecule has 1 amide bonds. The molecule has 0 spiro atoms. The maximum absolute atomic E-state index is 12.4. The van der Waals surface area contributed by atoms with Crippen molar-refractivity contribution >= 4 is 11.9 Å². The molecule has 300 valence electrons. The molecule has 0 radical (unpaired) electrons. The average Bonchev–Trinajstić information content (AvgIpc) is 3.13. The molecule has 0 rings (SSSR count). The lowest BCUT2D eigenvalue weighted by atomic mass is 10.0. The van der Waals surface area contributed by atoms with E-state index >= 15 is 0 Å². The van der Waals surface area contributed by atoms with Gasteiger partial charge in [-0.15, -0.1) is 0 Å². The van der Waals surface area contributed by atoms with Crippen molar-refractivity contribution in [1.29, 1.82) is 0 Å². The Kier molecular flexibility index (Phi) is 39.8. The molecular formula is C45H85NO5. The van der Waals surface area contributed by atoms with Crippen LogP contribution in [0.25, 0.3) is 0 Å². The predicted octanol–water partition coefficient (Wildman–Crippen LogP) is 12.4. The third-order valence-corrected chi connectivity index (χ3v) is 9.97. The van der Waals surface area contributed by atoms with Gasteiger partial charge in [0.15, 0.2) is 0 Å². The van der Waals surface area contributed by atoms with Crippen molar-refractivity contribution in [2.75, 3.05) is 13.2 Å². The Bertz CT molecular complexity index is 797. The van der Waals surface area contributed by atoms with E-state index in [0.29, 0.717) is 19.4 Å². The smallest absolute Gasteiger partial charge is 0.305 e. The average molecular weight is 720 g/mol. The van der Waals surface area contributed by atoms with Crippen LogP contribution in [0.1, 0.15) is 226 Å². The van der Waals surface area contributed by atoms with E-state index in [9.17, 15) is 19.8 Å². The van der Waals surface area contributed by atoms with E-state index in [1.54, 1.807) is 6.08 Å². The number of hydrogen-bond acceptors (Lipinski definition) is 5. The Hall–Kier alpha value is -1.66. The highest BCUT2D eigenvalue weighted by molar-refractivity contribution is 5.76. The van der Waals surface area contributed by atoms with Crippen LogP contribution in [0.4, 0.5) is 0 Å². The molecule has 0 aromatic carbocycles. The number of amides is 1. The minimum absolute atomic E-state index is 0.0320. The lowest BCUT2D eigenvalue weighted by Crippen LogP contribution is -2.45. The molecule has 0 aromatic rings. The number of carbonyl (C=O) groups excluding carboxylic acids is 2. The lowest BCUT2D eigenvalue weighted by Gasteiger charge is -2.20. The zero-order valence-electron chi connectivity index (χ0n) is 33.8. The van der Waals surface area contributed by atoms with Crippen molar-refractivity contribution < 1.29 is 24.5 Å². The van der Waals surface area contributed by atoms with Crippen LogP contribution in [0.5, 0.6) is 0 Å².